The first-order chi connectivity index (χ1) is 14.7. The molecule has 2 aromatic rings. The molecule has 0 amide bonds. The number of rotatable bonds is 9. The van der Waals surface area contributed by atoms with Crippen LogP contribution in [0.15, 0.2) is 53.5 Å². The van der Waals surface area contributed by atoms with Crippen LogP contribution in [0, 0.1) is 0 Å². The third-order valence-electron chi connectivity index (χ3n) is 5.53. The Morgan fingerprint density at radius 1 is 1.03 bits per heavy atom. The van der Waals surface area contributed by atoms with E-state index in [1.165, 1.54) is 29.5 Å². The number of methoxy groups -OCH3 is 2. The van der Waals surface area contributed by atoms with E-state index in [4.69, 9.17) is 9.47 Å². The molecule has 6 heteroatoms. The maximum atomic E-state index is 5.64. The van der Waals surface area contributed by atoms with Crippen molar-refractivity contribution in [2.45, 2.75) is 32.0 Å². The van der Waals surface area contributed by atoms with Crippen molar-refractivity contribution in [2.75, 3.05) is 40.9 Å². The fourth-order valence-electron chi connectivity index (χ4n) is 4.03. The van der Waals surface area contributed by atoms with Crippen LogP contribution in [-0.4, -0.2) is 51.8 Å². The van der Waals surface area contributed by atoms with Gasteiger partial charge in [0.05, 0.1) is 19.8 Å². The van der Waals surface area contributed by atoms with Gasteiger partial charge in [-0.1, -0.05) is 42.5 Å². The van der Waals surface area contributed by atoms with Gasteiger partial charge in [0.25, 0.3) is 0 Å². The zero-order chi connectivity index (χ0) is 21.2. The Bertz CT molecular complexity index is 818. The first-order valence-electron chi connectivity index (χ1n) is 10.6. The molecule has 1 fully saturated rings. The van der Waals surface area contributed by atoms with E-state index in [0.717, 1.165) is 31.3 Å². The Morgan fingerprint density at radius 2 is 1.80 bits per heavy atom. The highest BCUT2D eigenvalue weighted by atomic mass is 16.5. The molecule has 0 aromatic heterocycles. The van der Waals surface area contributed by atoms with Crippen LogP contribution in [-0.2, 0) is 17.9 Å². The van der Waals surface area contributed by atoms with Gasteiger partial charge in [-0.15, -0.1) is 0 Å². The average Bonchev–Trinajstić information content (AvgIpc) is 3.31. The van der Waals surface area contributed by atoms with Crippen LogP contribution < -0.4 is 15.4 Å². The second-order valence-corrected chi connectivity index (χ2v) is 7.56. The van der Waals surface area contributed by atoms with E-state index < -0.39 is 0 Å². The summed E-state index contributed by atoms with van der Waals surface area (Å²) in [6.07, 6.45) is 2.49. The molecule has 1 atom stereocenters. The van der Waals surface area contributed by atoms with E-state index in [0.29, 0.717) is 13.2 Å². The standard InChI is InChI=1S/C24H34N4O2/c1-25-24(26-16-19-9-8-10-20(15-19)18-29-2)27-17-22(28-13-6-7-14-28)21-11-4-5-12-23(21)30-3/h4-5,8-12,15,22H,6-7,13-14,16-18H2,1-3H3,(H2,25,26,27). The molecule has 0 bridgehead atoms. The number of hydrogen-bond donors (Lipinski definition) is 2. The number of para-hydroxylation sites is 1. The molecule has 2 aromatic carbocycles. The number of hydrogen-bond acceptors (Lipinski definition) is 4. The Labute approximate surface area is 180 Å². The Morgan fingerprint density at radius 3 is 2.53 bits per heavy atom. The summed E-state index contributed by atoms with van der Waals surface area (Å²) in [6.45, 7) is 4.33. The summed E-state index contributed by atoms with van der Waals surface area (Å²) in [4.78, 5) is 6.95. The molecule has 30 heavy (non-hydrogen) atoms. The topological polar surface area (TPSA) is 58.1 Å². The van der Waals surface area contributed by atoms with Crippen LogP contribution in [0.3, 0.4) is 0 Å². The van der Waals surface area contributed by atoms with Gasteiger partial charge in [-0.25, -0.2) is 0 Å². The molecular formula is C24H34N4O2. The predicted molar refractivity (Wildman–Crippen MR) is 122 cm³/mol. The Kier molecular flexibility index (Phi) is 8.53. The van der Waals surface area contributed by atoms with Gasteiger partial charge >= 0.3 is 0 Å². The number of aliphatic imine (C=N–C) groups is 1. The average molecular weight is 411 g/mol. The minimum absolute atomic E-state index is 0.243. The summed E-state index contributed by atoms with van der Waals surface area (Å²) in [7, 11) is 5.27. The van der Waals surface area contributed by atoms with Crippen LogP contribution in [0.1, 0.15) is 35.6 Å². The number of nitrogens with zero attached hydrogens (tertiary/aromatic N) is 2. The molecule has 3 rings (SSSR count). The van der Waals surface area contributed by atoms with Gasteiger partial charge in [-0.2, -0.15) is 0 Å². The Balaban J connectivity index is 1.64. The highest BCUT2D eigenvalue weighted by molar-refractivity contribution is 5.79. The van der Waals surface area contributed by atoms with Gasteiger partial charge in [-0.05, 0) is 43.1 Å². The highest BCUT2D eigenvalue weighted by Crippen LogP contribution is 2.31. The molecule has 0 radical (unpaired) electrons. The first kappa shape index (κ1) is 22.1. The second-order valence-electron chi connectivity index (χ2n) is 7.56. The number of ether oxygens (including phenoxy) is 2. The molecule has 1 aliphatic rings. The van der Waals surface area contributed by atoms with Crippen LogP contribution in [0.2, 0.25) is 0 Å². The van der Waals surface area contributed by atoms with E-state index in [9.17, 15) is 0 Å². The quantitative estimate of drug-likeness (QED) is 0.490. The Hall–Kier alpha value is -2.57. The van der Waals surface area contributed by atoms with E-state index in [-0.39, 0.29) is 6.04 Å². The number of likely N-dealkylation sites (tertiary alicyclic amines) is 1. The first-order valence-corrected chi connectivity index (χ1v) is 10.6. The van der Waals surface area contributed by atoms with Crippen LogP contribution >= 0.6 is 0 Å². The summed E-state index contributed by atoms with van der Waals surface area (Å²) in [5.74, 6) is 1.74. The lowest BCUT2D eigenvalue weighted by Gasteiger charge is -2.30. The lowest BCUT2D eigenvalue weighted by Crippen LogP contribution is -2.42. The third kappa shape index (κ3) is 5.97. The van der Waals surface area contributed by atoms with Gasteiger partial charge in [0.1, 0.15) is 5.75 Å². The van der Waals surface area contributed by atoms with Gasteiger partial charge in [0.2, 0.25) is 0 Å². The molecule has 0 saturated carbocycles. The minimum Gasteiger partial charge on any atom is -0.496 e. The van der Waals surface area contributed by atoms with Gasteiger partial charge in [0.15, 0.2) is 5.96 Å². The van der Waals surface area contributed by atoms with Crippen molar-refractivity contribution in [3.05, 3.63) is 65.2 Å². The fraction of sp³-hybridized carbons (Fsp3) is 0.458. The van der Waals surface area contributed by atoms with Crippen molar-refractivity contribution in [3.8, 4) is 5.75 Å². The summed E-state index contributed by atoms with van der Waals surface area (Å²) >= 11 is 0. The maximum absolute atomic E-state index is 5.64. The zero-order valence-corrected chi connectivity index (χ0v) is 18.4. The molecule has 2 N–H and O–H groups in total. The largest absolute Gasteiger partial charge is 0.496 e. The molecule has 0 spiro atoms. The van der Waals surface area contributed by atoms with E-state index in [1.54, 1.807) is 14.2 Å². The van der Waals surface area contributed by atoms with Gasteiger partial charge < -0.3 is 20.1 Å². The molecule has 1 saturated heterocycles. The van der Waals surface area contributed by atoms with Gasteiger partial charge in [0, 0.05) is 32.8 Å². The van der Waals surface area contributed by atoms with Crippen molar-refractivity contribution in [1.82, 2.24) is 15.5 Å². The van der Waals surface area contributed by atoms with E-state index in [1.807, 2.05) is 19.2 Å². The highest BCUT2D eigenvalue weighted by Gasteiger charge is 2.26. The number of guanidine groups is 1. The van der Waals surface area contributed by atoms with Crippen molar-refractivity contribution >= 4 is 5.96 Å². The zero-order valence-electron chi connectivity index (χ0n) is 18.4. The minimum atomic E-state index is 0.243. The molecule has 162 valence electrons. The fourth-order valence-corrected chi connectivity index (χ4v) is 4.03. The predicted octanol–water partition coefficient (Wildman–Crippen LogP) is 3.34. The summed E-state index contributed by atoms with van der Waals surface area (Å²) in [5.41, 5.74) is 3.59. The molecule has 1 aliphatic heterocycles. The van der Waals surface area contributed by atoms with Crippen molar-refractivity contribution < 1.29 is 9.47 Å². The van der Waals surface area contributed by atoms with Crippen molar-refractivity contribution in [2.24, 2.45) is 4.99 Å². The summed E-state index contributed by atoms with van der Waals surface area (Å²) < 4.78 is 10.9. The van der Waals surface area contributed by atoms with Crippen LogP contribution in [0.4, 0.5) is 0 Å². The van der Waals surface area contributed by atoms with Crippen molar-refractivity contribution in [3.63, 3.8) is 0 Å². The molecule has 0 aliphatic carbocycles. The molecule has 1 heterocycles. The van der Waals surface area contributed by atoms with E-state index in [2.05, 4.69) is 56.9 Å². The molecule has 1 unspecified atom stereocenters. The summed E-state index contributed by atoms with van der Waals surface area (Å²) in [5, 5.41) is 6.95. The lowest BCUT2D eigenvalue weighted by atomic mass is 10.0. The van der Waals surface area contributed by atoms with Crippen LogP contribution in [0.5, 0.6) is 5.75 Å². The maximum Gasteiger partial charge on any atom is 0.191 e. The van der Waals surface area contributed by atoms with Crippen LogP contribution in [0.25, 0.3) is 0 Å². The van der Waals surface area contributed by atoms with E-state index >= 15 is 0 Å². The number of nitrogens with one attached hydrogen (secondary N) is 2. The van der Waals surface area contributed by atoms with Crippen molar-refractivity contribution in [1.29, 1.82) is 0 Å². The SMILES string of the molecule is CN=C(NCc1cccc(COC)c1)NCC(c1ccccc1OC)N1CCCC1. The lowest BCUT2D eigenvalue weighted by molar-refractivity contribution is 0.185. The summed E-state index contributed by atoms with van der Waals surface area (Å²) in [6, 6.07) is 17.0. The van der Waals surface area contributed by atoms with Gasteiger partial charge in [-0.3, -0.25) is 9.89 Å². The molecule has 6 nitrogen and oxygen atoms in total. The third-order valence-corrected chi connectivity index (χ3v) is 5.53. The second kappa shape index (κ2) is 11.6. The number of benzene rings is 2. The monoisotopic (exact) mass is 410 g/mol. The smallest absolute Gasteiger partial charge is 0.191 e. The normalized spacial score (nSPS) is 15.8. The molecular weight excluding hydrogens is 376 g/mol.